The maximum atomic E-state index is 6.17. The fraction of sp³-hybridized carbons (Fsp3) is 0.786. The largest absolute Gasteiger partial charge is 0.394 e. The minimum Gasteiger partial charge on any atom is -0.394 e. The molecule has 2 aliphatic heterocycles. The third-order valence-corrected chi connectivity index (χ3v) is 4.61. The Morgan fingerprint density at radius 3 is 2.53 bits per heavy atom. The highest BCUT2D eigenvalue weighted by Gasteiger charge is 2.31. The lowest BCUT2D eigenvalue weighted by Gasteiger charge is -2.32. The molecular formula is C14H25N5. The summed E-state index contributed by atoms with van der Waals surface area (Å²) in [6.07, 6.45) is 5.39. The van der Waals surface area contributed by atoms with Crippen LogP contribution in [-0.2, 0) is 7.05 Å². The van der Waals surface area contributed by atoms with Gasteiger partial charge in [0.15, 0.2) is 0 Å². The summed E-state index contributed by atoms with van der Waals surface area (Å²) in [6.45, 7) is 6.74. The standard InChI is InChI=1S/C14H25N5/c1-11-13(15)14(17(2)16-11)19-9-6-12(10-19)18-7-4-3-5-8-18/h12H,3-10,15H2,1-2H3. The van der Waals surface area contributed by atoms with E-state index in [4.69, 9.17) is 5.73 Å². The molecule has 19 heavy (non-hydrogen) atoms. The second-order valence-corrected chi connectivity index (χ2v) is 5.93. The fourth-order valence-electron chi connectivity index (χ4n) is 3.55. The minimum absolute atomic E-state index is 0.704. The van der Waals surface area contributed by atoms with Crippen LogP contribution in [0, 0.1) is 6.92 Å². The van der Waals surface area contributed by atoms with Gasteiger partial charge in [-0.25, -0.2) is 0 Å². The van der Waals surface area contributed by atoms with Gasteiger partial charge in [-0.3, -0.25) is 9.58 Å². The topological polar surface area (TPSA) is 50.3 Å². The monoisotopic (exact) mass is 263 g/mol. The Morgan fingerprint density at radius 2 is 1.89 bits per heavy atom. The number of nitrogens with two attached hydrogens (primary N) is 1. The molecule has 0 radical (unpaired) electrons. The normalized spacial score (nSPS) is 25.2. The molecule has 0 spiro atoms. The average Bonchev–Trinajstić information content (AvgIpc) is 2.97. The zero-order valence-corrected chi connectivity index (χ0v) is 12.1. The van der Waals surface area contributed by atoms with Crippen LogP contribution in [0.25, 0.3) is 0 Å². The van der Waals surface area contributed by atoms with Crippen molar-refractivity contribution in [2.75, 3.05) is 36.8 Å². The van der Waals surface area contributed by atoms with E-state index in [1.54, 1.807) is 0 Å². The first-order valence-corrected chi connectivity index (χ1v) is 7.45. The van der Waals surface area contributed by atoms with Crippen LogP contribution in [0.1, 0.15) is 31.4 Å². The SMILES string of the molecule is Cc1nn(C)c(N2CCC(N3CCCCC3)C2)c1N. The molecule has 3 rings (SSSR count). The van der Waals surface area contributed by atoms with E-state index in [0.717, 1.165) is 30.3 Å². The first-order chi connectivity index (χ1) is 9.16. The molecule has 5 nitrogen and oxygen atoms in total. The second-order valence-electron chi connectivity index (χ2n) is 5.93. The number of hydrogen-bond acceptors (Lipinski definition) is 4. The van der Waals surface area contributed by atoms with Crippen LogP contribution in [-0.4, -0.2) is 46.9 Å². The number of aryl methyl sites for hydroxylation is 2. The quantitative estimate of drug-likeness (QED) is 0.875. The first kappa shape index (κ1) is 12.8. The number of hydrogen-bond donors (Lipinski definition) is 1. The molecule has 1 atom stereocenters. The van der Waals surface area contributed by atoms with E-state index in [1.165, 1.54) is 38.8 Å². The van der Waals surface area contributed by atoms with E-state index in [-0.39, 0.29) is 0 Å². The summed E-state index contributed by atoms with van der Waals surface area (Å²) in [6, 6.07) is 0.704. The van der Waals surface area contributed by atoms with E-state index in [0.29, 0.717) is 6.04 Å². The van der Waals surface area contributed by atoms with Crippen LogP contribution in [0.5, 0.6) is 0 Å². The summed E-state index contributed by atoms with van der Waals surface area (Å²) in [5.41, 5.74) is 7.96. The Kier molecular flexibility index (Phi) is 3.39. The molecule has 0 aromatic carbocycles. The van der Waals surface area contributed by atoms with Gasteiger partial charge < -0.3 is 10.6 Å². The molecule has 0 aliphatic carbocycles. The van der Waals surface area contributed by atoms with Gasteiger partial charge in [-0.05, 0) is 39.3 Å². The van der Waals surface area contributed by atoms with Gasteiger partial charge in [0.1, 0.15) is 5.82 Å². The summed E-state index contributed by atoms with van der Waals surface area (Å²) in [5.74, 6) is 1.11. The van der Waals surface area contributed by atoms with Crippen molar-refractivity contribution in [2.45, 2.75) is 38.6 Å². The summed E-state index contributed by atoms with van der Waals surface area (Å²) in [4.78, 5) is 5.08. The highest BCUT2D eigenvalue weighted by atomic mass is 15.4. The van der Waals surface area contributed by atoms with Gasteiger partial charge in [0, 0.05) is 26.2 Å². The molecule has 0 amide bonds. The van der Waals surface area contributed by atoms with E-state index in [1.807, 2.05) is 18.7 Å². The second kappa shape index (κ2) is 5.04. The zero-order valence-electron chi connectivity index (χ0n) is 12.1. The molecule has 2 fully saturated rings. The summed E-state index contributed by atoms with van der Waals surface area (Å²) >= 11 is 0. The average molecular weight is 263 g/mol. The smallest absolute Gasteiger partial charge is 0.150 e. The van der Waals surface area contributed by atoms with Crippen LogP contribution in [0.15, 0.2) is 0 Å². The van der Waals surface area contributed by atoms with Crippen molar-refractivity contribution in [3.63, 3.8) is 0 Å². The van der Waals surface area contributed by atoms with E-state index < -0.39 is 0 Å². The van der Waals surface area contributed by atoms with E-state index >= 15 is 0 Å². The van der Waals surface area contributed by atoms with Crippen LogP contribution in [0.4, 0.5) is 11.5 Å². The summed E-state index contributed by atoms with van der Waals surface area (Å²) in [5, 5.41) is 4.43. The summed E-state index contributed by atoms with van der Waals surface area (Å²) < 4.78 is 1.93. The van der Waals surface area contributed by atoms with Crippen LogP contribution in [0.3, 0.4) is 0 Å². The Labute approximate surface area is 115 Å². The Bertz CT molecular complexity index is 447. The highest BCUT2D eigenvalue weighted by Crippen LogP contribution is 2.30. The van der Waals surface area contributed by atoms with Crippen LogP contribution in [0.2, 0.25) is 0 Å². The lowest BCUT2D eigenvalue weighted by molar-refractivity contribution is 0.174. The fourth-order valence-corrected chi connectivity index (χ4v) is 3.55. The van der Waals surface area contributed by atoms with Crippen LogP contribution >= 0.6 is 0 Å². The van der Waals surface area contributed by atoms with Gasteiger partial charge in [-0.2, -0.15) is 5.10 Å². The molecule has 2 aliphatic rings. The lowest BCUT2D eigenvalue weighted by atomic mass is 10.1. The Morgan fingerprint density at radius 1 is 1.16 bits per heavy atom. The third kappa shape index (κ3) is 2.31. The van der Waals surface area contributed by atoms with Gasteiger partial charge in [0.05, 0.1) is 11.4 Å². The molecular weight excluding hydrogens is 238 g/mol. The number of piperidine rings is 1. The molecule has 5 heteroatoms. The Balaban J connectivity index is 1.71. The van der Waals surface area contributed by atoms with Gasteiger partial charge in [0.25, 0.3) is 0 Å². The zero-order chi connectivity index (χ0) is 13.4. The maximum Gasteiger partial charge on any atom is 0.150 e. The molecule has 2 N–H and O–H groups in total. The number of anilines is 2. The predicted octanol–water partition coefficient (Wildman–Crippen LogP) is 1.38. The van der Waals surface area contributed by atoms with Crippen molar-refractivity contribution < 1.29 is 0 Å². The minimum atomic E-state index is 0.704. The van der Waals surface area contributed by atoms with Gasteiger partial charge in [-0.1, -0.05) is 6.42 Å². The molecule has 106 valence electrons. The van der Waals surface area contributed by atoms with Crippen molar-refractivity contribution in [2.24, 2.45) is 7.05 Å². The van der Waals surface area contributed by atoms with Crippen molar-refractivity contribution in [3.8, 4) is 0 Å². The van der Waals surface area contributed by atoms with Crippen molar-refractivity contribution in [1.82, 2.24) is 14.7 Å². The first-order valence-electron chi connectivity index (χ1n) is 7.45. The highest BCUT2D eigenvalue weighted by molar-refractivity contribution is 5.66. The molecule has 0 saturated carbocycles. The number of nitrogens with zero attached hydrogens (tertiary/aromatic N) is 4. The van der Waals surface area contributed by atoms with E-state index in [9.17, 15) is 0 Å². The Hall–Kier alpha value is -1.23. The number of likely N-dealkylation sites (tertiary alicyclic amines) is 1. The molecule has 1 aromatic heterocycles. The van der Waals surface area contributed by atoms with E-state index in [2.05, 4.69) is 14.9 Å². The number of rotatable bonds is 2. The molecule has 3 heterocycles. The molecule has 1 unspecified atom stereocenters. The lowest BCUT2D eigenvalue weighted by Crippen LogP contribution is -2.41. The summed E-state index contributed by atoms with van der Waals surface area (Å²) in [7, 11) is 1.99. The number of nitrogen functional groups attached to an aromatic ring is 1. The van der Waals surface area contributed by atoms with Gasteiger partial charge in [0.2, 0.25) is 0 Å². The van der Waals surface area contributed by atoms with Gasteiger partial charge >= 0.3 is 0 Å². The number of aromatic nitrogens is 2. The van der Waals surface area contributed by atoms with Crippen molar-refractivity contribution in [3.05, 3.63) is 5.69 Å². The predicted molar refractivity (Wildman–Crippen MR) is 78.4 cm³/mol. The van der Waals surface area contributed by atoms with Gasteiger partial charge in [-0.15, -0.1) is 0 Å². The third-order valence-electron chi connectivity index (χ3n) is 4.61. The molecule has 1 aromatic rings. The molecule has 0 bridgehead atoms. The van der Waals surface area contributed by atoms with Crippen LogP contribution < -0.4 is 10.6 Å². The molecule has 2 saturated heterocycles. The van der Waals surface area contributed by atoms with Crippen molar-refractivity contribution in [1.29, 1.82) is 0 Å². The van der Waals surface area contributed by atoms with Crippen molar-refractivity contribution >= 4 is 11.5 Å². The maximum absolute atomic E-state index is 6.17.